The number of benzene rings is 2. The van der Waals surface area contributed by atoms with Crippen LogP contribution >= 0.6 is 0 Å². The Hall–Kier alpha value is -2.97. The summed E-state index contributed by atoms with van der Waals surface area (Å²) in [6.45, 7) is 1.88. The van der Waals surface area contributed by atoms with Crippen LogP contribution in [0.5, 0.6) is 5.75 Å². The minimum absolute atomic E-state index is 0.0928. The van der Waals surface area contributed by atoms with E-state index in [4.69, 9.17) is 11.0 Å². The molecule has 0 radical (unpaired) electrons. The van der Waals surface area contributed by atoms with Crippen molar-refractivity contribution in [3.8, 4) is 17.6 Å². The van der Waals surface area contributed by atoms with Crippen LogP contribution in [-0.4, -0.2) is 11.2 Å². The highest BCUT2D eigenvalue weighted by Crippen LogP contribution is 2.28. The van der Waals surface area contributed by atoms with Gasteiger partial charge in [-0.25, -0.2) is 5.26 Å². The zero-order valence-electron chi connectivity index (χ0n) is 13.3. The van der Waals surface area contributed by atoms with E-state index in [0.717, 1.165) is 11.1 Å². The van der Waals surface area contributed by atoms with E-state index in [0.29, 0.717) is 17.2 Å². The number of nitrogen functional groups attached to an aromatic ring is 1. The maximum atomic E-state index is 12.4. The van der Waals surface area contributed by atoms with Gasteiger partial charge in [-0.15, -0.1) is 0 Å². The highest BCUT2D eigenvalue weighted by molar-refractivity contribution is 6.05. The largest absolute Gasteiger partial charge is 0.396 e. The lowest BCUT2D eigenvalue weighted by Gasteiger charge is -2.10. The number of nitrogens with two attached hydrogens (primary N) is 1. The average molecular weight is 322 g/mol. The summed E-state index contributed by atoms with van der Waals surface area (Å²) in [5, 5.41) is 11.5. The van der Waals surface area contributed by atoms with Crippen LogP contribution in [-0.2, 0) is 0 Å². The van der Waals surface area contributed by atoms with Crippen molar-refractivity contribution < 1.29 is 14.9 Å². The molecule has 5 heteroatoms. The zero-order chi connectivity index (χ0) is 17.1. The van der Waals surface area contributed by atoms with Gasteiger partial charge in [-0.05, 0) is 55.7 Å². The minimum Gasteiger partial charge on any atom is -0.396 e. The van der Waals surface area contributed by atoms with Crippen LogP contribution < -0.4 is 15.9 Å². The lowest BCUT2D eigenvalue weighted by molar-refractivity contribution is -0.136. The fourth-order valence-electron chi connectivity index (χ4n) is 2.30. The van der Waals surface area contributed by atoms with Gasteiger partial charge in [0, 0.05) is 28.8 Å². The van der Waals surface area contributed by atoms with Gasteiger partial charge in [-0.2, -0.15) is 0 Å². The molecule has 2 aromatic rings. The molecule has 0 saturated heterocycles. The molecule has 4 N–H and O–H groups in total. The number of nitrogens with one attached hydrogen (secondary N) is 1. The molecule has 24 heavy (non-hydrogen) atoms. The van der Waals surface area contributed by atoms with Crippen LogP contribution in [0.2, 0.25) is 0 Å². The van der Waals surface area contributed by atoms with Crippen molar-refractivity contribution in [2.24, 2.45) is 5.92 Å². The summed E-state index contributed by atoms with van der Waals surface area (Å²) >= 11 is 0. The van der Waals surface area contributed by atoms with Crippen molar-refractivity contribution in [1.82, 2.24) is 0 Å². The van der Waals surface area contributed by atoms with E-state index in [9.17, 15) is 4.79 Å². The van der Waals surface area contributed by atoms with Gasteiger partial charge in [0.15, 0.2) is 5.75 Å². The van der Waals surface area contributed by atoms with E-state index in [-0.39, 0.29) is 17.3 Å². The van der Waals surface area contributed by atoms with Gasteiger partial charge in [0.25, 0.3) is 5.91 Å². The van der Waals surface area contributed by atoms with Crippen LogP contribution in [0.15, 0.2) is 36.4 Å². The van der Waals surface area contributed by atoms with Gasteiger partial charge in [-0.3, -0.25) is 4.79 Å². The molecule has 0 unspecified atom stereocenters. The summed E-state index contributed by atoms with van der Waals surface area (Å²) < 4.78 is 0. The van der Waals surface area contributed by atoms with Crippen molar-refractivity contribution >= 4 is 17.3 Å². The van der Waals surface area contributed by atoms with Gasteiger partial charge >= 0.3 is 0 Å². The van der Waals surface area contributed by atoms with Gasteiger partial charge in [-0.1, -0.05) is 11.8 Å². The number of aryl methyl sites for hydroxylation is 1. The lowest BCUT2D eigenvalue weighted by atomic mass is 10.0. The molecule has 1 amide bonds. The molecule has 1 fully saturated rings. The van der Waals surface area contributed by atoms with Gasteiger partial charge in [0.1, 0.15) is 0 Å². The lowest BCUT2D eigenvalue weighted by Crippen LogP contribution is -2.13. The number of rotatable bonds is 3. The maximum absolute atomic E-state index is 12.4. The van der Waals surface area contributed by atoms with Crippen molar-refractivity contribution in [2.45, 2.75) is 19.8 Å². The smallest absolute Gasteiger partial charge is 0.255 e. The highest BCUT2D eigenvalue weighted by Gasteiger charge is 2.17. The van der Waals surface area contributed by atoms with E-state index in [1.807, 2.05) is 19.1 Å². The fourth-order valence-corrected chi connectivity index (χ4v) is 2.30. The second-order valence-electron chi connectivity index (χ2n) is 5.87. The molecule has 0 spiro atoms. The van der Waals surface area contributed by atoms with Crippen molar-refractivity contribution in [3.63, 3.8) is 0 Å². The van der Waals surface area contributed by atoms with Crippen LogP contribution in [0.4, 0.5) is 11.4 Å². The van der Waals surface area contributed by atoms with Crippen molar-refractivity contribution in [3.05, 3.63) is 53.1 Å². The standard InChI is InChI=1S/C19H18N2O3/c1-12-10-14(5-4-13-2-3-13)6-8-16(12)19(22)21-15-7-9-17(20)18(11-15)24-23/h6-11,13,23H,2-3,20H2,1H3,(H,21,22). The molecule has 0 bridgehead atoms. The molecular formula is C19H18N2O3. The number of carbonyl (C=O) groups excluding carboxylic acids is 1. The number of carbonyl (C=O) groups is 1. The van der Waals surface area contributed by atoms with E-state index in [1.165, 1.54) is 18.9 Å². The Kier molecular flexibility index (Phi) is 4.41. The number of hydrogen-bond donors (Lipinski definition) is 3. The van der Waals surface area contributed by atoms with E-state index < -0.39 is 0 Å². The van der Waals surface area contributed by atoms with E-state index >= 15 is 0 Å². The Morgan fingerprint density at radius 2 is 2.08 bits per heavy atom. The third-order valence-electron chi connectivity index (χ3n) is 3.84. The predicted molar refractivity (Wildman–Crippen MR) is 92.8 cm³/mol. The molecule has 0 heterocycles. The van der Waals surface area contributed by atoms with Crippen molar-refractivity contribution in [1.29, 1.82) is 0 Å². The SMILES string of the molecule is Cc1cc(C#CC2CC2)ccc1C(=O)Nc1ccc(N)c(OO)c1. The summed E-state index contributed by atoms with van der Waals surface area (Å²) in [7, 11) is 0. The number of hydrogen-bond acceptors (Lipinski definition) is 4. The Labute approximate surface area is 140 Å². The molecule has 1 aliphatic carbocycles. The van der Waals surface area contributed by atoms with Gasteiger partial charge in [0.2, 0.25) is 0 Å². The molecule has 2 aromatic carbocycles. The average Bonchev–Trinajstić information content (AvgIpc) is 3.39. The topological polar surface area (TPSA) is 84.6 Å². The van der Waals surface area contributed by atoms with Crippen LogP contribution in [0.1, 0.15) is 34.3 Å². The summed E-state index contributed by atoms with van der Waals surface area (Å²) in [6, 6.07) is 10.2. The maximum Gasteiger partial charge on any atom is 0.255 e. The molecular weight excluding hydrogens is 304 g/mol. The molecule has 122 valence electrons. The second-order valence-corrected chi connectivity index (χ2v) is 5.87. The van der Waals surface area contributed by atoms with E-state index in [1.54, 1.807) is 18.2 Å². The number of anilines is 2. The summed E-state index contributed by atoms with van der Waals surface area (Å²) in [6.07, 6.45) is 2.38. The zero-order valence-corrected chi connectivity index (χ0v) is 13.3. The molecule has 0 atom stereocenters. The van der Waals surface area contributed by atoms with Crippen molar-refractivity contribution in [2.75, 3.05) is 11.1 Å². The molecule has 3 rings (SSSR count). The monoisotopic (exact) mass is 322 g/mol. The van der Waals surface area contributed by atoms with E-state index in [2.05, 4.69) is 22.0 Å². The molecule has 1 aliphatic rings. The predicted octanol–water partition coefficient (Wildman–Crippen LogP) is 3.44. The minimum atomic E-state index is -0.247. The third-order valence-corrected chi connectivity index (χ3v) is 3.84. The summed E-state index contributed by atoms with van der Waals surface area (Å²) in [4.78, 5) is 16.6. The normalized spacial score (nSPS) is 12.9. The highest BCUT2D eigenvalue weighted by atomic mass is 17.1. The van der Waals surface area contributed by atoms with Crippen LogP contribution in [0.25, 0.3) is 0 Å². The Morgan fingerprint density at radius 3 is 2.75 bits per heavy atom. The molecule has 5 nitrogen and oxygen atoms in total. The summed E-state index contributed by atoms with van der Waals surface area (Å²) in [5.74, 6) is 6.74. The van der Waals surface area contributed by atoms with Crippen LogP contribution in [0.3, 0.4) is 0 Å². The first-order valence-electron chi connectivity index (χ1n) is 7.71. The Bertz CT molecular complexity index is 845. The quantitative estimate of drug-likeness (QED) is 0.350. The molecule has 1 saturated carbocycles. The molecule has 0 aromatic heterocycles. The Morgan fingerprint density at radius 1 is 1.29 bits per heavy atom. The Balaban J connectivity index is 1.76. The fraction of sp³-hybridized carbons (Fsp3) is 0.211. The first-order valence-corrected chi connectivity index (χ1v) is 7.71. The third kappa shape index (κ3) is 3.67. The number of amides is 1. The second kappa shape index (κ2) is 6.65. The van der Waals surface area contributed by atoms with Crippen LogP contribution in [0, 0.1) is 24.7 Å². The first kappa shape index (κ1) is 15.9. The van der Waals surface area contributed by atoms with Gasteiger partial charge < -0.3 is 15.9 Å². The molecule has 0 aliphatic heterocycles. The first-order chi connectivity index (χ1) is 11.6. The summed E-state index contributed by atoms with van der Waals surface area (Å²) in [5.41, 5.74) is 8.72. The van der Waals surface area contributed by atoms with Gasteiger partial charge in [0.05, 0.1) is 5.69 Å².